The number of benzene rings is 1. The van der Waals surface area contributed by atoms with Crippen LogP contribution in [0.15, 0.2) is 18.2 Å². The number of rotatable bonds is 5. The molecule has 20 heavy (non-hydrogen) atoms. The average Bonchev–Trinajstić information content (AvgIpc) is 2.31. The first-order valence-electron chi connectivity index (χ1n) is 6.02. The highest BCUT2D eigenvalue weighted by atomic mass is 16.2. The molecule has 0 saturated carbocycles. The van der Waals surface area contributed by atoms with E-state index in [1.54, 1.807) is 25.1 Å². The lowest BCUT2D eigenvalue weighted by Crippen LogP contribution is -2.39. The Morgan fingerprint density at radius 1 is 1.25 bits per heavy atom. The maximum absolute atomic E-state index is 11.8. The maximum atomic E-state index is 11.8. The Labute approximate surface area is 116 Å². The molecule has 0 spiro atoms. The molecule has 1 unspecified atom stereocenters. The summed E-state index contributed by atoms with van der Waals surface area (Å²) >= 11 is 0. The van der Waals surface area contributed by atoms with Crippen molar-refractivity contribution in [1.82, 2.24) is 0 Å². The van der Waals surface area contributed by atoms with Crippen molar-refractivity contribution in [2.24, 2.45) is 11.5 Å². The van der Waals surface area contributed by atoms with Gasteiger partial charge in [-0.1, -0.05) is 6.07 Å². The van der Waals surface area contributed by atoms with Crippen LogP contribution in [0.25, 0.3) is 0 Å². The summed E-state index contributed by atoms with van der Waals surface area (Å²) in [5, 5.41) is 5.22. The highest BCUT2D eigenvalue weighted by molar-refractivity contribution is 5.98. The van der Waals surface area contributed by atoms with E-state index in [1.807, 2.05) is 0 Å². The zero-order chi connectivity index (χ0) is 15.3. The second-order valence-electron chi connectivity index (χ2n) is 4.48. The normalized spacial score (nSPS) is 11.6. The zero-order valence-electron chi connectivity index (χ0n) is 11.4. The molecule has 0 heterocycles. The van der Waals surface area contributed by atoms with E-state index in [2.05, 4.69) is 10.6 Å². The summed E-state index contributed by atoms with van der Waals surface area (Å²) in [6.45, 7) is 3.19. The zero-order valence-corrected chi connectivity index (χ0v) is 11.4. The van der Waals surface area contributed by atoms with Gasteiger partial charge < -0.3 is 22.1 Å². The maximum Gasteiger partial charge on any atom is 0.241 e. The number of primary amides is 1. The van der Waals surface area contributed by atoms with Gasteiger partial charge in [0.15, 0.2) is 0 Å². The Balaban J connectivity index is 2.83. The molecular weight excluding hydrogens is 260 g/mol. The molecule has 0 aliphatic heterocycles. The minimum Gasteiger partial charge on any atom is -0.370 e. The Morgan fingerprint density at radius 3 is 2.45 bits per heavy atom. The fourth-order valence-corrected chi connectivity index (χ4v) is 1.57. The van der Waals surface area contributed by atoms with Crippen LogP contribution in [0.5, 0.6) is 0 Å². The summed E-state index contributed by atoms with van der Waals surface area (Å²) in [7, 11) is 0. The summed E-state index contributed by atoms with van der Waals surface area (Å²) < 4.78 is 0. The minimum atomic E-state index is -1.00. The summed E-state index contributed by atoms with van der Waals surface area (Å²) in [6.07, 6.45) is -0.226. The third-order valence-corrected chi connectivity index (χ3v) is 2.57. The van der Waals surface area contributed by atoms with Gasteiger partial charge in [0.1, 0.15) is 0 Å². The number of aryl methyl sites for hydroxylation is 1. The van der Waals surface area contributed by atoms with E-state index in [4.69, 9.17) is 11.5 Å². The second kappa shape index (κ2) is 6.67. The molecule has 3 amide bonds. The summed E-state index contributed by atoms with van der Waals surface area (Å²) in [6, 6.07) is 4.08. The van der Waals surface area contributed by atoms with Gasteiger partial charge in [0, 0.05) is 18.3 Å². The van der Waals surface area contributed by atoms with Crippen LogP contribution >= 0.6 is 0 Å². The highest BCUT2D eigenvalue weighted by Crippen LogP contribution is 2.20. The number of carbonyl (C=O) groups excluding carboxylic acids is 3. The molecule has 108 valence electrons. The molecule has 1 rings (SSSR count). The Bertz CT molecular complexity index is 542. The Kier molecular flexibility index (Phi) is 5.22. The minimum absolute atomic E-state index is 0.212. The molecule has 0 saturated heterocycles. The van der Waals surface area contributed by atoms with Crippen molar-refractivity contribution in [3.63, 3.8) is 0 Å². The van der Waals surface area contributed by atoms with Crippen LogP contribution in [-0.4, -0.2) is 23.8 Å². The van der Waals surface area contributed by atoms with E-state index in [1.165, 1.54) is 6.92 Å². The van der Waals surface area contributed by atoms with Crippen molar-refractivity contribution in [2.75, 3.05) is 10.6 Å². The molecule has 6 N–H and O–H groups in total. The predicted molar refractivity (Wildman–Crippen MR) is 75.9 cm³/mol. The van der Waals surface area contributed by atoms with E-state index in [9.17, 15) is 14.4 Å². The number of hydrogen-bond acceptors (Lipinski definition) is 4. The van der Waals surface area contributed by atoms with Crippen LogP contribution in [-0.2, 0) is 14.4 Å². The number of anilines is 2. The average molecular weight is 278 g/mol. The first kappa shape index (κ1) is 15.6. The molecule has 0 bridgehead atoms. The highest BCUT2D eigenvalue weighted by Gasteiger charge is 2.16. The fraction of sp³-hybridized carbons (Fsp3) is 0.308. The summed E-state index contributed by atoms with van der Waals surface area (Å²) in [5.41, 5.74) is 12.4. The van der Waals surface area contributed by atoms with Crippen molar-refractivity contribution < 1.29 is 14.4 Å². The van der Waals surface area contributed by atoms with Gasteiger partial charge in [-0.25, -0.2) is 0 Å². The number of amides is 3. The molecule has 0 aliphatic carbocycles. The summed E-state index contributed by atoms with van der Waals surface area (Å²) in [4.78, 5) is 33.5. The Morgan fingerprint density at radius 2 is 1.90 bits per heavy atom. The van der Waals surface area contributed by atoms with Gasteiger partial charge in [0.25, 0.3) is 0 Å². The monoisotopic (exact) mass is 278 g/mol. The van der Waals surface area contributed by atoms with E-state index < -0.39 is 17.9 Å². The van der Waals surface area contributed by atoms with Crippen molar-refractivity contribution >= 4 is 29.1 Å². The first-order chi connectivity index (χ1) is 9.29. The van der Waals surface area contributed by atoms with Gasteiger partial charge in [-0.2, -0.15) is 0 Å². The number of nitrogens with one attached hydrogen (secondary N) is 2. The van der Waals surface area contributed by atoms with Crippen LogP contribution in [0, 0.1) is 6.92 Å². The molecule has 0 aliphatic rings. The van der Waals surface area contributed by atoms with E-state index in [-0.39, 0.29) is 12.3 Å². The molecule has 1 atom stereocenters. The van der Waals surface area contributed by atoms with Gasteiger partial charge in [-0.15, -0.1) is 0 Å². The second-order valence-corrected chi connectivity index (χ2v) is 4.48. The van der Waals surface area contributed by atoms with Crippen LogP contribution < -0.4 is 22.1 Å². The molecule has 0 radical (unpaired) electrons. The third kappa shape index (κ3) is 4.69. The SMILES string of the molecule is CC(=O)Nc1ccc(C)c(NC(=O)C(N)CC(N)=O)c1. The lowest BCUT2D eigenvalue weighted by molar-refractivity contribution is -0.123. The third-order valence-electron chi connectivity index (χ3n) is 2.57. The summed E-state index contributed by atoms with van der Waals surface area (Å²) in [5.74, 6) is -1.36. The molecular formula is C13H18N4O3. The lowest BCUT2D eigenvalue weighted by Gasteiger charge is -2.14. The molecule has 7 heteroatoms. The molecule has 1 aromatic carbocycles. The van der Waals surface area contributed by atoms with E-state index in [0.29, 0.717) is 11.4 Å². The molecule has 1 aromatic rings. The van der Waals surface area contributed by atoms with Crippen LogP contribution in [0.3, 0.4) is 0 Å². The van der Waals surface area contributed by atoms with Crippen molar-refractivity contribution in [3.05, 3.63) is 23.8 Å². The molecule has 7 nitrogen and oxygen atoms in total. The van der Waals surface area contributed by atoms with Crippen LogP contribution in [0.4, 0.5) is 11.4 Å². The fourth-order valence-electron chi connectivity index (χ4n) is 1.57. The van der Waals surface area contributed by atoms with Crippen LogP contribution in [0.2, 0.25) is 0 Å². The number of hydrogen-bond donors (Lipinski definition) is 4. The number of nitrogens with two attached hydrogens (primary N) is 2. The lowest BCUT2D eigenvalue weighted by atomic mass is 10.1. The molecule has 0 aromatic heterocycles. The van der Waals surface area contributed by atoms with E-state index in [0.717, 1.165) is 5.56 Å². The van der Waals surface area contributed by atoms with Crippen LogP contribution in [0.1, 0.15) is 18.9 Å². The largest absolute Gasteiger partial charge is 0.370 e. The van der Waals surface area contributed by atoms with Gasteiger partial charge in [-0.3, -0.25) is 14.4 Å². The van der Waals surface area contributed by atoms with Crippen molar-refractivity contribution in [2.45, 2.75) is 26.3 Å². The van der Waals surface area contributed by atoms with Crippen molar-refractivity contribution in [3.8, 4) is 0 Å². The van der Waals surface area contributed by atoms with Gasteiger partial charge >= 0.3 is 0 Å². The standard InChI is InChI=1S/C13H18N4O3/c1-7-3-4-9(16-8(2)18)5-11(7)17-13(20)10(14)6-12(15)19/h3-5,10H,6,14H2,1-2H3,(H2,15,19)(H,16,18)(H,17,20). The predicted octanol–water partition coefficient (Wildman–Crippen LogP) is 0.0946. The van der Waals surface area contributed by atoms with Crippen molar-refractivity contribution in [1.29, 1.82) is 0 Å². The van der Waals surface area contributed by atoms with E-state index >= 15 is 0 Å². The van der Waals surface area contributed by atoms with Gasteiger partial charge in [0.05, 0.1) is 12.5 Å². The van der Waals surface area contributed by atoms with Gasteiger partial charge in [0.2, 0.25) is 17.7 Å². The quantitative estimate of drug-likeness (QED) is 0.608. The Hall–Kier alpha value is -2.41. The topological polar surface area (TPSA) is 127 Å². The van der Waals surface area contributed by atoms with Gasteiger partial charge in [-0.05, 0) is 24.6 Å². The molecule has 0 fully saturated rings. The smallest absolute Gasteiger partial charge is 0.241 e. The number of carbonyl (C=O) groups is 3. The first-order valence-corrected chi connectivity index (χ1v) is 6.02.